The summed E-state index contributed by atoms with van der Waals surface area (Å²) in [5, 5.41) is 13.1. The molecule has 0 radical (unpaired) electrons. The van der Waals surface area contributed by atoms with Crippen LogP contribution in [0.15, 0.2) is 60.7 Å². The Labute approximate surface area is 145 Å². The van der Waals surface area contributed by atoms with Crippen LogP contribution in [0.4, 0.5) is 5.69 Å². The van der Waals surface area contributed by atoms with Crippen LogP contribution in [-0.4, -0.2) is 37.4 Å². The SMILES string of the molecule is OCCC(CNC1CCN(c2ccccc2)CC1)c1ccccc1. The second-order valence-corrected chi connectivity index (χ2v) is 6.63. The van der Waals surface area contributed by atoms with E-state index in [1.54, 1.807) is 0 Å². The zero-order chi connectivity index (χ0) is 16.6. The number of piperidine rings is 1. The van der Waals surface area contributed by atoms with E-state index < -0.39 is 0 Å². The van der Waals surface area contributed by atoms with E-state index in [1.807, 2.05) is 6.07 Å². The van der Waals surface area contributed by atoms with Crippen LogP contribution < -0.4 is 10.2 Å². The van der Waals surface area contributed by atoms with Crippen LogP contribution in [0.5, 0.6) is 0 Å². The van der Waals surface area contributed by atoms with Crippen molar-refractivity contribution < 1.29 is 5.11 Å². The first-order valence-electron chi connectivity index (χ1n) is 9.06. The van der Waals surface area contributed by atoms with Crippen molar-refractivity contribution in [1.29, 1.82) is 0 Å². The lowest BCUT2D eigenvalue weighted by molar-refractivity contribution is 0.270. The molecule has 3 nitrogen and oxygen atoms in total. The second-order valence-electron chi connectivity index (χ2n) is 6.63. The van der Waals surface area contributed by atoms with Crippen molar-refractivity contribution in [2.24, 2.45) is 0 Å². The summed E-state index contributed by atoms with van der Waals surface area (Å²) in [6.07, 6.45) is 3.17. The van der Waals surface area contributed by atoms with Crippen molar-refractivity contribution in [3.8, 4) is 0 Å². The van der Waals surface area contributed by atoms with Crippen molar-refractivity contribution >= 4 is 5.69 Å². The van der Waals surface area contributed by atoms with E-state index in [0.717, 1.165) is 26.1 Å². The number of aliphatic hydroxyl groups excluding tert-OH is 1. The quantitative estimate of drug-likeness (QED) is 0.819. The Morgan fingerprint density at radius 2 is 1.58 bits per heavy atom. The van der Waals surface area contributed by atoms with Gasteiger partial charge in [-0.05, 0) is 42.9 Å². The molecule has 0 aromatic heterocycles. The number of anilines is 1. The number of rotatable bonds is 7. The first kappa shape index (κ1) is 17.0. The minimum absolute atomic E-state index is 0.244. The third-order valence-corrected chi connectivity index (χ3v) is 5.02. The van der Waals surface area contributed by atoms with Crippen molar-refractivity contribution in [3.63, 3.8) is 0 Å². The van der Waals surface area contributed by atoms with Crippen LogP contribution in [-0.2, 0) is 0 Å². The highest BCUT2D eigenvalue weighted by Crippen LogP contribution is 2.22. The molecule has 1 atom stereocenters. The molecule has 2 aromatic carbocycles. The van der Waals surface area contributed by atoms with E-state index in [1.165, 1.54) is 24.1 Å². The van der Waals surface area contributed by atoms with Crippen molar-refractivity contribution in [3.05, 3.63) is 66.2 Å². The van der Waals surface area contributed by atoms with Gasteiger partial charge in [-0.3, -0.25) is 0 Å². The molecule has 1 fully saturated rings. The van der Waals surface area contributed by atoms with E-state index >= 15 is 0 Å². The van der Waals surface area contributed by atoms with Gasteiger partial charge in [0.15, 0.2) is 0 Å². The van der Waals surface area contributed by atoms with E-state index in [9.17, 15) is 5.11 Å². The highest BCUT2D eigenvalue weighted by atomic mass is 16.3. The normalized spacial score (nSPS) is 17.0. The van der Waals surface area contributed by atoms with E-state index in [4.69, 9.17) is 0 Å². The molecule has 2 aromatic rings. The third-order valence-electron chi connectivity index (χ3n) is 5.02. The maximum absolute atomic E-state index is 9.36. The Balaban J connectivity index is 1.48. The summed E-state index contributed by atoms with van der Waals surface area (Å²) in [5.41, 5.74) is 2.65. The third kappa shape index (κ3) is 4.59. The molecule has 1 aliphatic rings. The lowest BCUT2D eigenvalue weighted by Crippen LogP contribution is -2.43. The molecule has 1 unspecified atom stereocenters. The van der Waals surface area contributed by atoms with E-state index in [0.29, 0.717) is 12.0 Å². The van der Waals surface area contributed by atoms with Gasteiger partial charge in [-0.1, -0.05) is 48.5 Å². The number of aliphatic hydroxyl groups is 1. The van der Waals surface area contributed by atoms with E-state index in [2.05, 4.69) is 64.8 Å². The summed E-state index contributed by atoms with van der Waals surface area (Å²) in [6.45, 7) is 3.41. The number of nitrogens with zero attached hydrogens (tertiary/aromatic N) is 1. The van der Waals surface area contributed by atoms with Gasteiger partial charge in [0.1, 0.15) is 0 Å². The number of nitrogens with one attached hydrogen (secondary N) is 1. The van der Waals surface area contributed by atoms with Crippen LogP contribution in [0.25, 0.3) is 0 Å². The van der Waals surface area contributed by atoms with Crippen LogP contribution in [0.3, 0.4) is 0 Å². The van der Waals surface area contributed by atoms with Gasteiger partial charge in [-0.2, -0.15) is 0 Å². The van der Waals surface area contributed by atoms with Gasteiger partial charge in [0.25, 0.3) is 0 Å². The highest BCUT2D eigenvalue weighted by molar-refractivity contribution is 5.46. The second kappa shape index (κ2) is 8.86. The monoisotopic (exact) mass is 324 g/mol. The van der Waals surface area contributed by atoms with Gasteiger partial charge in [0.2, 0.25) is 0 Å². The fraction of sp³-hybridized carbons (Fsp3) is 0.429. The molecular weight excluding hydrogens is 296 g/mol. The fourth-order valence-electron chi connectivity index (χ4n) is 3.56. The predicted molar refractivity (Wildman–Crippen MR) is 101 cm³/mol. The van der Waals surface area contributed by atoms with Gasteiger partial charge < -0.3 is 15.3 Å². The Hall–Kier alpha value is -1.84. The Bertz CT molecular complexity index is 579. The Morgan fingerprint density at radius 3 is 2.21 bits per heavy atom. The maximum atomic E-state index is 9.36. The summed E-state index contributed by atoms with van der Waals surface area (Å²) in [6, 6.07) is 21.8. The standard InChI is InChI=1S/C21H28N2O/c24-16-13-19(18-7-3-1-4-8-18)17-22-20-11-14-23(15-12-20)21-9-5-2-6-10-21/h1-10,19-20,22,24H,11-17H2. The molecular formula is C21H28N2O. The van der Waals surface area contributed by atoms with Crippen molar-refractivity contribution in [2.45, 2.75) is 31.2 Å². The fourth-order valence-corrected chi connectivity index (χ4v) is 3.56. The van der Waals surface area contributed by atoms with Crippen LogP contribution in [0.2, 0.25) is 0 Å². The molecule has 24 heavy (non-hydrogen) atoms. The minimum atomic E-state index is 0.244. The number of hydrogen-bond acceptors (Lipinski definition) is 3. The summed E-state index contributed by atoms with van der Waals surface area (Å²) in [7, 11) is 0. The summed E-state index contributed by atoms with van der Waals surface area (Å²) >= 11 is 0. The molecule has 128 valence electrons. The van der Waals surface area contributed by atoms with Gasteiger partial charge in [-0.25, -0.2) is 0 Å². The topological polar surface area (TPSA) is 35.5 Å². The van der Waals surface area contributed by atoms with Gasteiger partial charge in [-0.15, -0.1) is 0 Å². The molecule has 1 heterocycles. The first-order valence-corrected chi connectivity index (χ1v) is 9.06. The number of para-hydroxylation sites is 1. The number of hydrogen-bond donors (Lipinski definition) is 2. The smallest absolute Gasteiger partial charge is 0.0437 e. The zero-order valence-electron chi connectivity index (χ0n) is 14.3. The van der Waals surface area contributed by atoms with Crippen LogP contribution in [0.1, 0.15) is 30.7 Å². The molecule has 0 amide bonds. The molecule has 0 aliphatic carbocycles. The average Bonchev–Trinajstić information content (AvgIpc) is 2.67. The largest absolute Gasteiger partial charge is 0.396 e. The van der Waals surface area contributed by atoms with Crippen molar-refractivity contribution in [2.75, 3.05) is 31.1 Å². The van der Waals surface area contributed by atoms with Crippen LogP contribution >= 0.6 is 0 Å². The van der Waals surface area contributed by atoms with E-state index in [-0.39, 0.29) is 6.61 Å². The molecule has 3 rings (SSSR count). The van der Waals surface area contributed by atoms with Gasteiger partial charge in [0, 0.05) is 38.0 Å². The molecule has 0 spiro atoms. The zero-order valence-corrected chi connectivity index (χ0v) is 14.3. The molecule has 3 heteroatoms. The molecule has 1 saturated heterocycles. The molecule has 0 saturated carbocycles. The molecule has 1 aliphatic heterocycles. The molecule has 2 N–H and O–H groups in total. The van der Waals surface area contributed by atoms with Crippen molar-refractivity contribution in [1.82, 2.24) is 5.32 Å². The summed E-state index contributed by atoms with van der Waals surface area (Å²) < 4.78 is 0. The lowest BCUT2D eigenvalue weighted by Gasteiger charge is -2.34. The first-order chi connectivity index (χ1) is 11.9. The summed E-state index contributed by atoms with van der Waals surface area (Å²) in [4.78, 5) is 2.47. The Morgan fingerprint density at radius 1 is 0.958 bits per heavy atom. The highest BCUT2D eigenvalue weighted by Gasteiger charge is 2.20. The number of benzene rings is 2. The van der Waals surface area contributed by atoms with Gasteiger partial charge in [0.05, 0.1) is 0 Å². The maximum Gasteiger partial charge on any atom is 0.0437 e. The lowest BCUT2D eigenvalue weighted by atomic mass is 9.95. The average molecular weight is 324 g/mol. The minimum Gasteiger partial charge on any atom is -0.396 e. The molecule has 0 bridgehead atoms. The Kier molecular flexibility index (Phi) is 6.27. The summed E-state index contributed by atoms with van der Waals surface area (Å²) in [5.74, 6) is 0.392. The predicted octanol–water partition coefficient (Wildman–Crippen LogP) is 3.41. The van der Waals surface area contributed by atoms with Crippen LogP contribution in [0, 0.1) is 0 Å². The van der Waals surface area contributed by atoms with Gasteiger partial charge >= 0.3 is 0 Å².